The fraction of sp³-hybridized carbons (Fsp3) is 0.200. The Balaban J connectivity index is 1.97. The third-order valence-corrected chi connectivity index (χ3v) is 3.62. The number of benzene rings is 2. The third-order valence-electron chi connectivity index (χ3n) is 2.95. The second-order valence-corrected chi connectivity index (χ2v) is 5.49. The van der Waals surface area contributed by atoms with Gasteiger partial charge in [0, 0.05) is 19.2 Å². The van der Waals surface area contributed by atoms with E-state index >= 15 is 0 Å². The standard InChI is InChI=1S/C15H15BrN2O2/c1-11-3-2-4-12(7-11)9-17-10-13-5-6-14(16)15(8-13)18(19)20/h2-8,17H,9-10H2,1H3. The van der Waals surface area contributed by atoms with Gasteiger partial charge in [0.05, 0.1) is 9.40 Å². The second kappa shape index (κ2) is 6.63. The molecule has 5 heteroatoms. The van der Waals surface area contributed by atoms with E-state index in [1.165, 1.54) is 11.1 Å². The highest BCUT2D eigenvalue weighted by Gasteiger charge is 2.11. The molecular formula is C15H15BrN2O2. The lowest BCUT2D eigenvalue weighted by molar-refractivity contribution is -0.385. The van der Waals surface area contributed by atoms with Crippen molar-refractivity contribution in [2.24, 2.45) is 0 Å². The Labute approximate surface area is 126 Å². The maximum absolute atomic E-state index is 10.9. The van der Waals surface area contributed by atoms with Crippen LogP contribution in [0.5, 0.6) is 0 Å². The Hall–Kier alpha value is -1.72. The summed E-state index contributed by atoms with van der Waals surface area (Å²) in [4.78, 5) is 10.5. The molecule has 0 aliphatic heterocycles. The van der Waals surface area contributed by atoms with Gasteiger partial charge in [-0.15, -0.1) is 0 Å². The van der Waals surface area contributed by atoms with E-state index < -0.39 is 0 Å². The number of hydrogen-bond acceptors (Lipinski definition) is 3. The normalized spacial score (nSPS) is 10.5. The molecule has 2 aromatic rings. The first kappa shape index (κ1) is 14.7. The number of nitro groups is 1. The number of hydrogen-bond donors (Lipinski definition) is 1. The van der Waals surface area contributed by atoms with Crippen LogP contribution in [-0.2, 0) is 13.1 Å². The molecule has 0 unspecified atom stereocenters. The van der Waals surface area contributed by atoms with Gasteiger partial charge in [-0.1, -0.05) is 35.9 Å². The van der Waals surface area contributed by atoms with Crippen molar-refractivity contribution in [1.29, 1.82) is 0 Å². The SMILES string of the molecule is Cc1cccc(CNCc2ccc(Br)c([N+](=O)[O-])c2)c1. The molecule has 1 N–H and O–H groups in total. The molecule has 0 aliphatic rings. The van der Waals surface area contributed by atoms with Crippen molar-refractivity contribution in [2.75, 3.05) is 0 Å². The van der Waals surface area contributed by atoms with E-state index in [9.17, 15) is 10.1 Å². The second-order valence-electron chi connectivity index (χ2n) is 4.64. The molecule has 4 nitrogen and oxygen atoms in total. The van der Waals surface area contributed by atoms with Crippen molar-refractivity contribution in [3.8, 4) is 0 Å². The zero-order valence-corrected chi connectivity index (χ0v) is 12.7. The summed E-state index contributed by atoms with van der Waals surface area (Å²) in [6.45, 7) is 3.40. The molecule has 0 heterocycles. The summed E-state index contributed by atoms with van der Waals surface area (Å²) < 4.78 is 0.505. The number of nitrogens with one attached hydrogen (secondary N) is 1. The van der Waals surface area contributed by atoms with Gasteiger partial charge in [-0.05, 0) is 40.0 Å². The molecule has 2 rings (SSSR count). The lowest BCUT2D eigenvalue weighted by Crippen LogP contribution is -2.12. The van der Waals surface area contributed by atoms with Crippen LogP contribution in [0.1, 0.15) is 16.7 Å². The number of nitrogens with zero attached hydrogens (tertiary/aromatic N) is 1. The van der Waals surface area contributed by atoms with Gasteiger partial charge in [0.25, 0.3) is 5.69 Å². The summed E-state index contributed by atoms with van der Waals surface area (Å²) in [5.41, 5.74) is 3.42. The highest BCUT2D eigenvalue weighted by Crippen LogP contribution is 2.25. The molecule has 0 radical (unpaired) electrons. The molecule has 0 bridgehead atoms. The molecular weight excluding hydrogens is 320 g/mol. The molecule has 0 spiro atoms. The number of halogens is 1. The van der Waals surface area contributed by atoms with Crippen molar-refractivity contribution in [3.05, 3.63) is 73.7 Å². The number of nitro benzene ring substituents is 1. The Bertz CT molecular complexity index is 629. The van der Waals surface area contributed by atoms with Crippen molar-refractivity contribution in [3.63, 3.8) is 0 Å². The lowest BCUT2D eigenvalue weighted by atomic mass is 10.1. The maximum Gasteiger partial charge on any atom is 0.283 e. The minimum atomic E-state index is -0.381. The molecule has 0 aromatic heterocycles. The van der Waals surface area contributed by atoms with E-state index in [1.807, 2.05) is 12.1 Å². The van der Waals surface area contributed by atoms with Gasteiger partial charge >= 0.3 is 0 Å². The summed E-state index contributed by atoms with van der Waals surface area (Å²) in [6.07, 6.45) is 0. The van der Waals surface area contributed by atoms with Gasteiger partial charge in [-0.2, -0.15) is 0 Å². The fourth-order valence-electron chi connectivity index (χ4n) is 1.98. The summed E-state index contributed by atoms with van der Waals surface area (Å²) in [5, 5.41) is 14.2. The minimum absolute atomic E-state index is 0.0971. The van der Waals surface area contributed by atoms with Crippen molar-refractivity contribution in [2.45, 2.75) is 20.0 Å². The van der Waals surface area contributed by atoms with E-state index in [2.05, 4.69) is 46.4 Å². The van der Waals surface area contributed by atoms with Crippen molar-refractivity contribution in [1.82, 2.24) is 5.32 Å². The lowest BCUT2D eigenvalue weighted by Gasteiger charge is -2.06. The zero-order chi connectivity index (χ0) is 14.5. The van der Waals surface area contributed by atoms with Crippen LogP contribution in [0.3, 0.4) is 0 Å². The Morgan fingerprint density at radius 2 is 1.85 bits per heavy atom. The van der Waals surface area contributed by atoms with Crippen LogP contribution in [0.4, 0.5) is 5.69 Å². The van der Waals surface area contributed by atoms with Crippen LogP contribution in [-0.4, -0.2) is 4.92 Å². The molecule has 20 heavy (non-hydrogen) atoms. The quantitative estimate of drug-likeness (QED) is 0.665. The molecule has 0 aliphatic carbocycles. The molecule has 0 saturated carbocycles. The van der Waals surface area contributed by atoms with Crippen LogP contribution >= 0.6 is 15.9 Å². The van der Waals surface area contributed by atoms with Crippen LogP contribution in [0.2, 0.25) is 0 Å². The average molecular weight is 335 g/mol. The Morgan fingerprint density at radius 3 is 2.50 bits per heavy atom. The van der Waals surface area contributed by atoms with Gasteiger partial charge in [0.1, 0.15) is 0 Å². The van der Waals surface area contributed by atoms with E-state index in [4.69, 9.17) is 0 Å². The first-order chi connectivity index (χ1) is 9.56. The summed E-state index contributed by atoms with van der Waals surface area (Å²) in [5.74, 6) is 0. The summed E-state index contributed by atoms with van der Waals surface area (Å²) >= 11 is 3.18. The third kappa shape index (κ3) is 3.88. The van der Waals surface area contributed by atoms with E-state index in [1.54, 1.807) is 12.1 Å². The van der Waals surface area contributed by atoms with Gasteiger partial charge < -0.3 is 5.32 Å². The van der Waals surface area contributed by atoms with Gasteiger partial charge in [0.2, 0.25) is 0 Å². The molecule has 104 valence electrons. The van der Waals surface area contributed by atoms with Gasteiger partial charge in [0.15, 0.2) is 0 Å². The first-order valence-corrected chi connectivity index (χ1v) is 7.04. The molecule has 0 atom stereocenters. The largest absolute Gasteiger partial charge is 0.309 e. The smallest absolute Gasteiger partial charge is 0.283 e. The summed E-state index contributed by atoms with van der Waals surface area (Å²) in [7, 11) is 0. The van der Waals surface area contributed by atoms with Crippen LogP contribution in [0.15, 0.2) is 46.9 Å². The topological polar surface area (TPSA) is 55.2 Å². The van der Waals surface area contributed by atoms with E-state index in [-0.39, 0.29) is 10.6 Å². The van der Waals surface area contributed by atoms with Crippen molar-refractivity contribution < 1.29 is 4.92 Å². The zero-order valence-electron chi connectivity index (χ0n) is 11.1. The highest BCUT2D eigenvalue weighted by atomic mass is 79.9. The Morgan fingerprint density at radius 1 is 1.15 bits per heavy atom. The predicted octanol–water partition coefficient (Wildman–Crippen LogP) is 3.96. The first-order valence-electron chi connectivity index (χ1n) is 6.25. The van der Waals surface area contributed by atoms with E-state index in [0.717, 1.165) is 12.1 Å². The molecule has 0 amide bonds. The summed E-state index contributed by atoms with van der Waals surface area (Å²) in [6, 6.07) is 13.4. The monoisotopic (exact) mass is 334 g/mol. The van der Waals surface area contributed by atoms with Gasteiger partial charge in [-0.25, -0.2) is 0 Å². The number of rotatable bonds is 5. The Kier molecular flexibility index (Phi) is 4.87. The molecule has 0 saturated heterocycles. The predicted molar refractivity (Wildman–Crippen MR) is 82.5 cm³/mol. The average Bonchev–Trinajstić information content (AvgIpc) is 2.40. The van der Waals surface area contributed by atoms with Crippen LogP contribution in [0, 0.1) is 17.0 Å². The molecule has 2 aromatic carbocycles. The van der Waals surface area contributed by atoms with Crippen LogP contribution in [0.25, 0.3) is 0 Å². The number of aryl methyl sites for hydroxylation is 1. The highest BCUT2D eigenvalue weighted by molar-refractivity contribution is 9.10. The molecule has 0 fully saturated rings. The van der Waals surface area contributed by atoms with Gasteiger partial charge in [-0.3, -0.25) is 10.1 Å². The van der Waals surface area contributed by atoms with Crippen molar-refractivity contribution >= 4 is 21.6 Å². The van der Waals surface area contributed by atoms with Crippen LogP contribution < -0.4 is 5.32 Å². The minimum Gasteiger partial charge on any atom is -0.309 e. The maximum atomic E-state index is 10.9. The fourth-order valence-corrected chi connectivity index (χ4v) is 2.37. The van der Waals surface area contributed by atoms with E-state index in [0.29, 0.717) is 11.0 Å².